The van der Waals surface area contributed by atoms with E-state index in [0.29, 0.717) is 6.54 Å². The lowest BCUT2D eigenvalue weighted by Gasteiger charge is -2.32. The maximum Gasteiger partial charge on any atom is 0.322 e. The van der Waals surface area contributed by atoms with Gasteiger partial charge in [-0.2, -0.15) is 0 Å². The van der Waals surface area contributed by atoms with Gasteiger partial charge in [-0.25, -0.2) is 9.18 Å². The second kappa shape index (κ2) is 4.26. The zero-order valence-electron chi connectivity index (χ0n) is 10.3. The number of benzene rings is 1. The SMILES string of the molecule is O=C1NC2(CCCCC2)CN1c1ccc(F)cc1. The molecule has 0 bridgehead atoms. The number of urea groups is 1. The molecule has 1 saturated carbocycles. The summed E-state index contributed by atoms with van der Waals surface area (Å²) in [5.41, 5.74) is 0.723. The van der Waals surface area contributed by atoms with E-state index in [4.69, 9.17) is 0 Å². The van der Waals surface area contributed by atoms with E-state index in [2.05, 4.69) is 5.32 Å². The highest BCUT2D eigenvalue weighted by atomic mass is 19.1. The van der Waals surface area contributed by atoms with Crippen LogP contribution in [0.3, 0.4) is 0 Å². The summed E-state index contributed by atoms with van der Waals surface area (Å²) in [5, 5.41) is 3.13. The molecule has 1 heterocycles. The van der Waals surface area contributed by atoms with Crippen molar-refractivity contribution in [2.75, 3.05) is 11.4 Å². The van der Waals surface area contributed by atoms with E-state index < -0.39 is 0 Å². The second-order valence-corrected chi connectivity index (χ2v) is 5.33. The molecule has 1 aliphatic heterocycles. The molecule has 3 nitrogen and oxygen atoms in total. The van der Waals surface area contributed by atoms with E-state index in [1.807, 2.05) is 0 Å². The summed E-state index contributed by atoms with van der Waals surface area (Å²) in [4.78, 5) is 13.8. The number of amides is 2. The molecular formula is C14H17FN2O. The lowest BCUT2D eigenvalue weighted by atomic mass is 9.82. The molecule has 3 rings (SSSR count). The van der Waals surface area contributed by atoms with Gasteiger partial charge < -0.3 is 5.32 Å². The van der Waals surface area contributed by atoms with Crippen LogP contribution < -0.4 is 10.2 Å². The van der Waals surface area contributed by atoms with Crippen LogP contribution in [0, 0.1) is 5.82 Å². The van der Waals surface area contributed by atoms with E-state index in [1.54, 1.807) is 17.0 Å². The minimum absolute atomic E-state index is 0.0519. The average Bonchev–Trinajstić information content (AvgIpc) is 2.68. The third-order valence-corrected chi connectivity index (χ3v) is 4.03. The Morgan fingerprint density at radius 2 is 1.78 bits per heavy atom. The van der Waals surface area contributed by atoms with Gasteiger partial charge in [0.05, 0.1) is 12.1 Å². The summed E-state index contributed by atoms with van der Waals surface area (Å²) in [6.45, 7) is 0.706. The maximum atomic E-state index is 12.9. The number of nitrogens with zero attached hydrogens (tertiary/aromatic N) is 1. The van der Waals surface area contributed by atoms with Gasteiger partial charge in [0.2, 0.25) is 0 Å². The van der Waals surface area contributed by atoms with E-state index in [-0.39, 0.29) is 17.4 Å². The van der Waals surface area contributed by atoms with Gasteiger partial charge in [-0.1, -0.05) is 19.3 Å². The Bertz CT molecular complexity index is 451. The number of anilines is 1. The van der Waals surface area contributed by atoms with Crippen LogP contribution in [-0.4, -0.2) is 18.1 Å². The summed E-state index contributed by atoms with van der Waals surface area (Å²) in [5.74, 6) is -0.272. The molecule has 1 aliphatic carbocycles. The number of nitrogens with one attached hydrogen (secondary N) is 1. The minimum atomic E-state index is -0.272. The van der Waals surface area contributed by atoms with Crippen molar-refractivity contribution >= 4 is 11.7 Å². The topological polar surface area (TPSA) is 32.3 Å². The first-order valence-electron chi connectivity index (χ1n) is 6.54. The molecule has 0 atom stereocenters. The van der Waals surface area contributed by atoms with E-state index in [0.717, 1.165) is 18.5 Å². The zero-order valence-corrected chi connectivity index (χ0v) is 10.3. The highest BCUT2D eigenvalue weighted by Gasteiger charge is 2.43. The normalized spacial score (nSPS) is 22.3. The van der Waals surface area contributed by atoms with Crippen LogP contribution in [0.1, 0.15) is 32.1 Å². The summed E-state index contributed by atoms with van der Waals surface area (Å²) < 4.78 is 12.9. The summed E-state index contributed by atoms with van der Waals surface area (Å²) >= 11 is 0. The van der Waals surface area contributed by atoms with Crippen molar-refractivity contribution in [3.63, 3.8) is 0 Å². The largest absolute Gasteiger partial charge is 0.330 e. The molecule has 96 valence electrons. The van der Waals surface area contributed by atoms with Crippen molar-refractivity contribution in [2.45, 2.75) is 37.6 Å². The van der Waals surface area contributed by atoms with Crippen LogP contribution in [0.15, 0.2) is 24.3 Å². The maximum absolute atomic E-state index is 12.9. The van der Waals surface area contributed by atoms with Crippen LogP contribution in [0.2, 0.25) is 0 Å². The van der Waals surface area contributed by atoms with Crippen LogP contribution in [0.4, 0.5) is 14.9 Å². The molecule has 1 aromatic carbocycles. The monoisotopic (exact) mass is 248 g/mol. The molecule has 0 unspecified atom stereocenters. The van der Waals surface area contributed by atoms with Gasteiger partial charge in [0.15, 0.2) is 0 Å². The summed E-state index contributed by atoms with van der Waals surface area (Å²) in [6.07, 6.45) is 5.72. The van der Waals surface area contributed by atoms with Gasteiger partial charge >= 0.3 is 6.03 Å². The molecule has 2 fully saturated rings. The van der Waals surface area contributed by atoms with Gasteiger partial charge in [-0.15, -0.1) is 0 Å². The standard InChI is InChI=1S/C14H17FN2O/c15-11-4-6-12(7-5-11)17-10-14(16-13(17)18)8-2-1-3-9-14/h4-7H,1-3,8-10H2,(H,16,18). The highest BCUT2D eigenvalue weighted by molar-refractivity contribution is 5.95. The summed E-state index contributed by atoms with van der Waals surface area (Å²) in [7, 11) is 0. The third-order valence-electron chi connectivity index (χ3n) is 4.03. The molecule has 1 spiro atoms. The van der Waals surface area contributed by atoms with Crippen LogP contribution >= 0.6 is 0 Å². The van der Waals surface area contributed by atoms with Gasteiger partial charge in [0.1, 0.15) is 5.82 Å². The predicted molar refractivity (Wildman–Crippen MR) is 68.1 cm³/mol. The molecule has 18 heavy (non-hydrogen) atoms. The van der Waals surface area contributed by atoms with E-state index >= 15 is 0 Å². The first-order chi connectivity index (χ1) is 8.69. The first kappa shape index (κ1) is 11.5. The van der Waals surface area contributed by atoms with E-state index in [1.165, 1.54) is 31.4 Å². The van der Waals surface area contributed by atoms with Crippen molar-refractivity contribution in [3.05, 3.63) is 30.1 Å². The van der Waals surface area contributed by atoms with Crippen molar-refractivity contribution in [2.24, 2.45) is 0 Å². The fourth-order valence-electron chi connectivity index (χ4n) is 3.05. The Morgan fingerprint density at radius 3 is 2.44 bits per heavy atom. The van der Waals surface area contributed by atoms with Gasteiger partial charge in [0, 0.05) is 5.69 Å². The average molecular weight is 248 g/mol. The molecule has 1 saturated heterocycles. The smallest absolute Gasteiger partial charge is 0.322 e. The lowest BCUT2D eigenvalue weighted by Crippen LogP contribution is -2.44. The molecule has 0 aromatic heterocycles. The van der Waals surface area contributed by atoms with Crippen LogP contribution in [0.25, 0.3) is 0 Å². The number of hydrogen-bond acceptors (Lipinski definition) is 1. The number of carbonyl (C=O) groups is 1. The molecule has 2 amide bonds. The van der Waals surface area contributed by atoms with Gasteiger partial charge in [-0.05, 0) is 37.1 Å². The van der Waals surface area contributed by atoms with E-state index in [9.17, 15) is 9.18 Å². The van der Waals surface area contributed by atoms with Crippen molar-refractivity contribution in [1.29, 1.82) is 0 Å². The van der Waals surface area contributed by atoms with Crippen molar-refractivity contribution in [1.82, 2.24) is 5.32 Å². The minimum Gasteiger partial charge on any atom is -0.330 e. The predicted octanol–water partition coefficient (Wildman–Crippen LogP) is 3.06. The fraction of sp³-hybridized carbons (Fsp3) is 0.500. The third kappa shape index (κ3) is 1.96. The Hall–Kier alpha value is -1.58. The van der Waals surface area contributed by atoms with Gasteiger partial charge in [0.25, 0.3) is 0 Å². The first-order valence-corrected chi connectivity index (χ1v) is 6.54. The summed E-state index contributed by atoms with van der Waals surface area (Å²) in [6, 6.07) is 6.07. The van der Waals surface area contributed by atoms with Crippen molar-refractivity contribution < 1.29 is 9.18 Å². The molecule has 1 N–H and O–H groups in total. The number of halogens is 1. The Morgan fingerprint density at radius 1 is 1.11 bits per heavy atom. The number of rotatable bonds is 1. The second-order valence-electron chi connectivity index (χ2n) is 5.33. The fourth-order valence-corrected chi connectivity index (χ4v) is 3.05. The van der Waals surface area contributed by atoms with Crippen molar-refractivity contribution in [3.8, 4) is 0 Å². The quantitative estimate of drug-likeness (QED) is 0.814. The van der Waals surface area contributed by atoms with Gasteiger partial charge in [-0.3, -0.25) is 4.90 Å². The Labute approximate surface area is 106 Å². The Balaban J connectivity index is 1.82. The Kier molecular flexibility index (Phi) is 2.73. The molecular weight excluding hydrogens is 231 g/mol. The highest BCUT2D eigenvalue weighted by Crippen LogP contribution is 2.34. The molecule has 1 aromatic rings. The van der Waals surface area contributed by atoms with Crippen LogP contribution in [0.5, 0.6) is 0 Å². The molecule has 2 aliphatic rings. The zero-order chi connectivity index (χ0) is 12.6. The number of hydrogen-bond donors (Lipinski definition) is 1. The van der Waals surface area contributed by atoms with Crippen LogP contribution in [-0.2, 0) is 0 Å². The number of carbonyl (C=O) groups excluding carboxylic acids is 1. The molecule has 0 radical (unpaired) electrons. The lowest BCUT2D eigenvalue weighted by molar-refractivity contribution is 0.237. The molecule has 4 heteroatoms.